The van der Waals surface area contributed by atoms with Crippen molar-refractivity contribution in [3.63, 3.8) is 0 Å². The van der Waals surface area contributed by atoms with Crippen molar-refractivity contribution in [1.29, 1.82) is 0 Å². The minimum Gasteiger partial charge on any atom is -0.534 e. The van der Waals surface area contributed by atoms with Crippen LogP contribution in [0.2, 0.25) is 0 Å². The maximum atomic E-state index is 12.0. The van der Waals surface area contributed by atoms with Crippen molar-refractivity contribution in [2.75, 3.05) is 13.7 Å². The molecule has 118 valence electrons. The van der Waals surface area contributed by atoms with E-state index in [0.29, 0.717) is 17.7 Å². The highest BCUT2D eigenvalue weighted by atomic mass is 16.5. The lowest BCUT2D eigenvalue weighted by atomic mass is 9.72. The van der Waals surface area contributed by atoms with E-state index in [1.165, 1.54) is 20.1 Å². The fourth-order valence-corrected chi connectivity index (χ4v) is 2.35. The van der Waals surface area contributed by atoms with E-state index < -0.39 is 19.0 Å². The third-order valence-electron chi connectivity index (χ3n) is 3.28. The summed E-state index contributed by atoms with van der Waals surface area (Å²) in [5, 5.41) is 12.6. The molecule has 0 unspecified atom stereocenters. The van der Waals surface area contributed by atoms with E-state index in [-0.39, 0.29) is 23.8 Å². The number of nitrogens with one attached hydrogen (secondary N) is 1. The first-order valence-electron chi connectivity index (χ1n) is 6.96. The van der Waals surface area contributed by atoms with E-state index >= 15 is 0 Å². The number of ether oxygens (including phenoxy) is 2. The van der Waals surface area contributed by atoms with Gasteiger partial charge in [0.25, 0.3) is 0 Å². The molecule has 0 spiro atoms. The Morgan fingerprint density at radius 1 is 1.50 bits per heavy atom. The summed E-state index contributed by atoms with van der Waals surface area (Å²) in [6.45, 7) is 3.28. The molecule has 1 aromatic carbocycles. The molecule has 1 aliphatic rings. The summed E-state index contributed by atoms with van der Waals surface area (Å²) in [6.07, 6.45) is 0.319. The topological polar surface area (TPSA) is 94.1 Å². The molecule has 0 aliphatic carbocycles. The van der Waals surface area contributed by atoms with Gasteiger partial charge in [0.2, 0.25) is 5.91 Å². The highest BCUT2D eigenvalue weighted by Gasteiger charge is 2.38. The predicted molar refractivity (Wildman–Crippen MR) is 78.9 cm³/mol. The fourth-order valence-electron chi connectivity index (χ4n) is 2.35. The van der Waals surface area contributed by atoms with Gasteiger partial charge in [-0.1, -0.05) is 0 Å². The molecule has 0 fully saturated rings. The molecule has 2 rings (SSSR count). The SMILES string of the molecule is CCOC(=O)c1cc(OC)cc2c1OB(O)[C@@H](NC(C)=O)C2. The molecule has 0 bridgehead atoms. The van der Waals surface area contributed by atoms with E-state index in [1.807, 2.05) is 0 Å². The van der Waals surface area contributed by atoms with Gasteiger partial charge in [0, 0.05) is 6.92 Å². The van der Waals surface area contributed by atoms with Crippen LogP contribution >= 0.6 is 0 Å². The average Bonchev–Trinajstić information content (AvgIpc) is 2.46. The predicted octanol–water partition coefficient (Wildman–Crippen LogP) is 0.331. The van der Waals surface area contributed by atoms with Gasteiger partial charge in [-0.05, 0) is 31.0 Å². The average molecular weight is 307 g/mol. The van der Waals surface area contributed by atoms with Crippen LogP contribution in [0.4, 0.5) is 0 Å². The second-order valence-corrected chi connectivity index (χ2v) is 4.90. The molecule has 8 heteroatoms. The molecule has 1 heterocycles. The van der Waals surface area contributed by atoms with E-state index in [1.54, 1.807) is 13.0 Å². The van der Waals surface area contributed by atoms with Crippen molar-refractivity contribution in [2.45, 2.75) is 26.2 Å². The van der Waals surface area contributed by atoms with Gasteiger partial charge in [-0.15, -0.1) is 0 Å². The van der Waals surface area contributed by atoms with Crippen LogP contribution in [0.5, 0.6) is 11.5 Å². The molecule has 7 nitrogen and oxygen atoms in total. The number of amides is 1. The largest absolute Gasteiger partial charge is 0.547 e. The van der Waals surface area contributed by atoms with Gasteiger partial charge in [-0.25, -0.2) is 4.79 Å². The lowest BCUT2D eigenvalue weighted by Gasteiger charge is -2.29. The molecular formula is C14H18BNO6. The van der Waals surface area contributed by atoms with Gasteiger partial charge in [-0.3, -0.25) is 4.79 Å². The summed E-state index contributed by atoms with van der Waals surface area (Å²) in [6, 6.07) is 3.21. The van der Waals surface area contributed by atoms with Crippen LogP contribution in [0, 0.1) is 0 Å². The van der Waals surface area contributed by atoms with Crippen LogP contribution in [0.1, 0.15) is 29.8 Å². The molecule has 0 aromatic heterocycles. The Morgan fingerprint density at radius 3 is 2.82 bits per heavy atom. The van der Waals surface area contributed by atoms with Gasteiger partial charge >= 0.3 is 13.1 Å². The van der Waals surface area contributed by atoms with E-state index in [0.717, 1.165) is 0 Å². The van der Waals surface area contributed by atoms with Crippen molar-refractivity contribution in [3.05, 3.63) is 23.3 Å². The Labute approximate surface area is 128 Å². The number of rotatable bonds is 4. The Morgan fingerprint density at radius 2 is 2.23 bits per heavy atom. The van der Waals surface area contributed by atoms with Gasteiger partial charge in [0.15, 0.2) is 0 Å². The number of carbonyl (C=O) groups is 2. The maximum absolute atomic E-state index is 12.0. The first kappa shape index (κ1) is 16.2. The smallest absolute Gasteiger partial charge is 0.534 e. The first-order chi connectivity index (χ1) is 10.5. The summed E-state index contributed by atoms with van der Waals surface area (Å²) in [5.74, 6) is -0.684. The lowest BCUT2D eigenvalue weighted by Crippen LogP contribution is -2.52. The van der Waals surface area contributed by atoms with Crippen molar-refractivity contribution >= 4 is 19.0 Å². The Bertz CT molecular complexity index is 591. The standard InChI is InChI=1S/C14H18BNO6/c1-4-21-14(18)11-7-10(20-3)5-9-6-12(16-8(2)17)15(19)22-13(9)11/h5,7,12,19H,4,6H2,1-3H3,(H,16,17)/t12-/m0/s1. The van der Waals surface area contributed by atoms with Crippen LogP contribution in [0.15, 0.2) is 12.1 Å². The third-order valence-corrected chi connectivity index (χ3v) is 3.28. The number of benzene rings is 1. The number of carbonyl (C=O) groups excluding carboxylic acids is 2. The molecule has 0 saturated carbocycles. The van der Waals surface area contributed by atoms with E-state index in [2.05, 4.69) is 5.32 Å². The summed E-state index contributed by atoms with van der Waals surface area (Å²) in [4.78, 5) is 23.2. The number of methoxy groups -OCH3 is 1. The van der Waals surface area contributed by atoms with Crippen LogP contribution < -0.4 is 14.7 Å². The normalized spacial score (nSPS) is 16.4. The number of esters is 1. The zero-order valence-electron chi connectivity index (χ0n) is 12.7. The zero-order chi connectivity index (χ0) is 16.3. The van der Waals surface area contributed by atoms with Crippen LogP contribution in [-0.2, 0) is 16.0 Å². The number of fused-ring (bicyclic) bond motifs is 1. The Hall–Kier alpha value is -2.22. The van der Waals surface area contributed by atoms with Crippen molar-refractivity contribution in [2.24, 2.45) is 0 Å². The van der Waals surface area contributed by atoms with Crippen molar-refractivity contribution in [1.82, 2.24) is 5.32 Å². The molecule has 2 N–H and O–H groups in total. The van der Waals surface area contributed by atoms with Crippen LogP contribution in [0.3, 0.4) is 0 Å². The minimum atomic E-state index is -1.24. The summed E-state index contributed by atoms with van der Waals surface area (Å²) in [7, 11) is 0.249. The molecule has 1 aliphatic heterocycles. The lowest BCUT2D eigenvalue weighted by molar-refractivity contribution is -0.119. The molecule has 0 saturated heterocycles. The summed E-state index contributed by atoms with van der Waals surface area (Å²) >= 11 is 0. The second kappa shape index (κ2) is 6.70. The van der Waals surface area contributed by atoms with Gasteiger partial charge in [0.05, 0.1) is 19.7 Å². The molecule has 1 aromatic rings. The first-order valence-corrected chi connectivity index (χ1v) is 6.96. The quantitative estimate of drug-likeness (QED) is 0.615. The van der Waals surface area contributed by atoms with Gasteiger partial charge in [0.1, 0.15) is 17.1 Å². The molecular weight excluding hydrogens is 289 g/mol. The highest BCUT2D eigenvalue weighted by Crippen LogP contribution is 2.34. The summed E-state index contributed by atoms with van der Waals surface area (Å²) < 4.78 is 15.6. The highest BCUT2D eigenvalue weighted by molar-refractivity contribution is 6.47. The van der Waals surface area contributed by atoms with Crippen molar-refractivity contribution in [3.8, 4) is 11.5 Å². The minimum absolute atomic E-state index is 0.191. The van der Waals surface area contributed by atoms with E-state index in [4.69, 9.17) is 14.1 Å². The molecule has 1 amide bonds. The maximum Gasteiger partial charge on any atom is 0.547 e. The van der Waals surface area contributed by atoms with Gasteiger partial charge < -0.3 is 24.5 Å². The third kappa shape index (κ3) is 3.33. The Kier molecular flexibility index (Phi) is 4.92. The molecule has 1 atom stereocenters. The second-order valence-electron chi connectivity index (χ2n) is 4.90. The fraction of sp³-hybridized carbons (Fsp3) is 0.429. The zero-order valence-corrected chi connectivity index (χ0v) is 12.7. The number of hydrogen-bond acceptors (Lipinski definition) is 6. The monoisotopic (exact) mass is 307 g/mol. The van der Waals surface area contributed by atoms with Gasteiger partial charge in [-0.2, -0.15) is 0 Å². The van der Waals surface area contributed by atoms with Crippen LogP contribution in [0.25, 0.3) is 0 Å². The Balaban J connectivity index is 2.40. The van der Waals surface area contributed by atoms with Crippen LogP contribution in [-0.4, -0.2) is 43.7 Å². The molecule has 22 heavy (non-hydrogen) atoms. The summed E-state index contributed by atoms with van der Waals surface area (Å²) in [5.41, 5.74) is 0.850. The van der Waals surface area contributed by atoms with E-state index in [9.17, 15) is 14.6 Å². The number of hydrogen-bond donors (Lipinski definition) is 2. The van der Waals surface area contributed by atoms with Crippen molar-refractivity contribution < 1.29 is 28.7 Å². The molecule has 0 radical (unpaired) electrons.